The highest BCUT2D eigenvalue weighted by Gasteiger charge is 2.34. The number of halogens is 1. The molecule has 0 radical (unpaired) electrons. The number of carbonyl (C=O) groups excluding carboxylic acids is 1. The largest absolute Gasteiger partial charge is 0.437 e. The number of aryl methyl sites for hydroxylation is 3. The van der Waals surface area contributed by atoms with Crippen LogP contribution in [0.2, 0.25) is 0 Å². The topological polar surface area (TPSA) is 109 Å². The Bertz CT molecular complexity index is 1560. The zero-order valence-electron chi connectivity index (χ0n) is 21.9. The predicted molar refractivity (Wildman–Crippen MR) is 144 cm³/mol. The maximum absolute atomic E-state index is 15.5. The molecule has 4 heterocycles. The van der Waals surface area contributed by atoms with E-state index >= 15 is 4.39 Å². The molecule has 0 aliphatic carbocycles. The van der Waals surface area contributed by atoms with Crippen molar-refractivity contribution in [1.29, 1.82) is 0 Å². The fourth-order valence-corrected chi connectivity index (χ4v) is 5.59. The zero-order chi connectivity index (χ0) is 27.2. The standard InChI is InChI=1S/C27H31FN4O4S/c1-8-29-24(33)18-10-16-17(12-32(7)26(34)19(16)31-18)22-20(36-25-14(3)9-13(2)11-30-25)15(4)21(37-22)23(28)27(5,6)35/h9-12,23,31,35H,8H2,1-7H3,(H,29,33). The molecule has 1 unspecified atom stereocenters. The number of amides is 1. The lowest BCUT2D eigenvalue weighted by Gasteiger charge is -2.22. The molecular weight excluding hydrogens is 495 g/mol. The van der Waals surface area contributed by atoms with E-state index in [-0.39, 0.29) is 22.7 Å². The lowest BCUT2D eigenvalue weighted by atomic mass is 9.99. The van der Waals surface area contributed by atoms with Gasteiger partial charge in [-0.2, -0.15) is 0 Å². The summed E-state index contributed by atoms with van der Waals surface area (Å²) in [6.45, 7) is 10.6. The number of ether oxygens (including phenoxy) is 1. The Hall–Kier alpha value is -3.50. The molecule has 10 heteroatoms. The first-order valence-electron chi connectivity index (χ1n) is 11.9. The van der Waals surface area contributed by atoms with Crippen molar-refractivity contribution < 1.29 is 19.0 Å². The first-order valence-corrected chi connectivity index (χ1v) is 12.8. The summed E-state index contributed by atoms with van der Waals surface area (Å²) in [5.74, 6) is 0.416. The number of hydrogen-bond donors (Lipinski definition) is 3. The molecule has 37 heavy (non-hydrogen) atoms. The van der Waals surface area contributed by atoms with Crippen LogP contribution in [0.25, 0.3) is 21.3 Å². The Balaban J connectivity index is 2.00. The van der Waals surface area contributed by atoms with Crippen molar-refractivity contribution in [2.75, 3.05) is 6.54 Å². The number of pyridine rings is 2. The summed E-state index contributed by atoms with van der Waals surface area (Å²) < 4.78 is 23.2. The molecule has 0 aliphatic heterocycles. The average molecular weight is 527 g/mol. The second-order valence-electron chi connectivity index (χ2n) is 9.79. The van der Waals surface area contributed by atoms with Crippen LogP contribution in [0.4, 0.5) is 4.39 Å². The Morgan fingerprint density at radius 2 is 2.03 bits per heavy atom. The van der Waals surface area contributed by atoms with Crippen LogP contribution in [0.3, 0.4) is 0 Å². The van der Waals surface area contributed by atoms with Gasteiger partial charge in [0, 0.05) is 52.9 Å². The van der Waals surface area contributed by atoms with E-state index in [1.807, 2.05) is 26.8 Å². The fourth-order valence-electron chi connectivity index (χ4n) is 4.18. The summed E-state index contributed by atoms with van der Waals surface area (Å²) in [7, 11) is 1.61. The van der Waals surface area contributed by atoms with Crippen molar-refractivity contribution in [2.24, 2.45) is 7.05 Å². The zero-order valence-corrected chi connectivity index (χ0v) is 22.8. The molecule has 196 valence electrons. The van der Waals surface area contributed by atoms with E-state index in [4.69, 9.17) is 4.74 Å². The van der Waals surface area contributed by atoms with E-state index in [1.165, 1.54) is 18.4 Å². The summed E-state index contributed by atoms with van der Waals surface area (Å²) in [4.78, 5) is 33.7. The summed E-state index contributed by atoms with van der Waals surface area (Å²) >= 11 is 1.14. The maximum Gasteiger partial charge on any atom is 0.274 e. The van der Waals surface area contributed by atoms with Crippen molar-refractivity contribution in [1.82, 2.24) is 19.9 Å². The van der Waals surface area contributed by atoms with Crippen LogP contribution < -0.4 is 15.6 Å². The van der Waals surface area contributed by atoms with Crippen LogP contribution in [0.1, 0.15) is 59.0 Å². The number of rotatable bonds is 7. The number of nitrogens with one attached hydrogen (secondary N) is 2. The lowest BCUT2D eigenvalue weighted by Crippen LogP contribution is -2.25. The molecule has 4 aromatic rings. The van der Waals surface area contributed by atoms with Crippen LogP contribution in [0.15, 0.2) is 29.3 Å². The Kier molecular flexibility index (Phi) is 7.00. The third-order valence-corrected chi connectivity index (χ3v) is 7.48. The van der Waals surface area contributed by atoms with E-state index in [9.17, 15) is 14.7 Å². The second-order valence-corrected chi connectivity index (χ2v) is 10.8. The van der Waals surface area contributed by atoms with Gasteiger partial charge >= 0.3 is 0 Å². The van der Waals surface area contributed by atoms with Gasteiger partial charge < -0.3 is 24.7 Å². The summed E-state index contributed by atoms with van der Waals surface area (Å²) in [6, 6.07) is 3.56. The van der Waals surface area contributed by atoms with Crippen molar-refractivity contribution in [3.05, 3.63) is 62.1 Å². The molecule has 0 saturated carbocycles. The van der Waals surface area contributed by atoms with E-state index in [2.05, 4.69) is 15.3 Å². The molecule has 3 N–H and O–H groups in total. The summed E-state index contributed by atoms with van der Waals surface area (Å²) in [5, 5.41) is 13.7. The molecule has 0 bridgehead atoms. The van der Waals surface area contributed by atoms with Crippen molar-refractivity contribution in [2.45, 2.75) is 53.3 Å². The van der Waals surface area contributed by atoms with Crippen molar-refractivity contribution in [3.63, 3.8) is 0 Å². The second kappa shape index (κ2) is 9.75. The third-order valence-electron chi connectivity index (χ3n) is 6.14. The molecule has 1 amide bonds. The van der Waals surface area contributed by atoms with Gasteiger partial charge in [-0.25, -0.2) is 9.37 Å². The number of fused-ring (bicyclic) bond motifs is 1. The number of hydrogen-bond acceptors (Lipinski definition) is 6. The van der Waals surface area contributed by atoms with Gasteiger partial charge in [-0.05, 0) is 59.2 Å². The molecular formula is C27H31FN4O4S. The van der Waals surface area contributed by atoms with Crippen LogP contribution in [-0.4, -0.2) is 37.7 Å². The number of aromatic nitrogens is 3. The molecule has 8 nitrogen and oxygen atoms in total. The van der Waals surface area contributed by atoms with Crippen LogP contribution in [-0.2, 0) is 7.05 Å². The SMILES string of the molecule is CCNC(=O)c1cc2c(-c3sc(C(F)C(C)(C)O)c(C)c3Oc3ncc(C)cc3C)cn(C)c(=O)c2[nH]1. The number of carbonyl (C=O) groups is 1. The Morgan fingerprint density at radius 3 is 2.65 bits per heavy atom. The molecule has 4 aromatic heterocycles. The number of aromatic amines is 1. The van der Waals surface area contributed by atoms with Crippen LogP contribution >= 0.6 is 11.3 Å². The van der Waals surface area contributed by atoms with E-state index in [0.29, 0.717) is 44.4 Å². The normalized spacial score (nSPS) is 12.7. The van der Waals surface area contributed by atoms with Gasteiger partial charge in [-0.1, -0.05) is 0 Å². The molecule has 0 aliphatic rings. The highest BCUT2D eigenvalue weighted by molar-refractivity contribution is 7.16. The molecule has 0 fully saturated rings. The van der Waals surface area contributed by atoms with Crippen LogP contribution in [0.5, 0.6) is 11.6 Å². The van der Waals surface area contributed by atoms with Gasteiger partial charge in [-0.3, -0.25) is 9.59 Å². The lowest BCUT2D eigenvalue weighted by molar-refractivity contribution is -0.00286. The summed E-state index contributed by atoms with van der Waals surface area (Å²) in [6.07, 6.45) is 1.66. The minimum atomic E-state index is -1.68. The number of aliphatic hydroxyl groups is 1. The maximum atomic E-state index is 15.5. The average Bonchev–Trinajstić information content (AvgIpc) is 3.40. The van der Waals surface area contributed by atoms with Crippen LogP contribution in [0, 0.1) is 20.8 Å². The summed E-state index contributed by atoms with van der Waals surface area (Å²) in [5.41, 5.74) is 1.47. The van der Waals surface area contributed by atoms with E-state index in [0.717, 1.165) is 22.5 Å². The fraction of sp³-hybridized carbons (Fsp3) is 0.370. The number of nitrogens with zero attached hydrogens (tertiary/aromatic N) is 2. The monoisotopic (exact) mass is 526 g/mol. The third kappa shape index (κ3) is 4.91. The van der Waals surface area contributed by atoms with Crippen molar-refractivity contribution >= 4 is 28.1 Å². The minimum absolute atomic E-state index is 0.244. The predicted octanol–water partition coefficient (Wildman–Crippen LogP) is 5.24. The number of alkyl halides is 1. The first kappa shape index (κ1) is 26.6. The van der Waals surface area contributed by atoms with Gasteiger partial charge in [-0.15, -0.1) is 11.3 Å². The quantitative estimate of drug-likeness (QED) is 0.305. The first-order chi connectivity index (χ1) is 17.3. The van der Waals surface area contributed by atoms with E-state index < -0.39 is 11.8 Å². The molecule has 0 spiro atoms. The molecule has 0 saturated heterocycles. The van der Waals surface area contributed by atoms with Crippen molar-refractivity contribution in [3.8, 4) is 22.1 Å². The van der Waals surface area contributed by atoms with E-state index in [1.54, 1.807) is 32.4 Å². The van der Waals surface area contributed by atoms with Gasteiger partial charge in [0.1, 0.15) is 11.2 Å². The molecule has 0 aromatic carbocycles. The highest BCUT2D eigenvalue weighted by atomic mass is 32.1. The molecule has 4 rings (SSSR count). The Labute approximate surface area is 218 Å². The van der Waals surface area contributed by atoms with Gasteiger partial charge in [0.25, 0.3) is 11.5 Å². The van der Waals surface area contributed by atoms with Gasteiger partial charge in [0.2, 0.25) is 5.88 Å². The highest BCUT2D eigenvalue weighted by Crippen LogP contribution is 2.50. The minimum Gasteiger partial charge on any atom is -0.437 e. The number of H-pyrrole nitrogens is 1. The van der Waals surface area contributed by atoms with Gasteiger partial charge in [0.15, 0.2) is 11.9 Å². The Morgan fingerprint density at radius 1 is 1.32 bits per heavy atom. The molecule has 1 atom stereocenters. The smallest absolute Gasteiger partial charge is 0.274 e. The number of thiophene rings is 1. The van der Waals surface area contributed by atoms with Gasteiger partial charge in [0.05, 0.1) is 10.5 Å².